The standard InChI is InChI=1S/C21H32N4O4/c1-20(2,3)29-19(26)24-12-7-15-16(13-24)22-18(23-17(15)27-4)28-14-21-8-5-10-25(21)11-6-9-21/h5-14H2,1-4H3. The van der Waals surface area contributed by atoms with Crippen LogP contribution in [0.5, 0.6) is 11.9 Å². The second-order valence-corrected chi connectivity index (χ2v) is 9.30. The number of carbonyl (C=O) groups excluding carboxylic acids is 1. The highest BCUT2D eigenvalue weighted by atomic mass is 16.6. The molecule has 0 N–H and O–H groups in total. The van der Waals surface area contributed by atoms with Gasteiger partial charge in [-0.1, -0.05) is 0 Å². The van der Waals surface area contributed by atoms with Crippen molar-refractivity contribution < 1.29 is 19.0 Å². The molecule has 0 aliphatic carbocycles. The van der Waals surface area contributed by atoms with Crippen molar-refractivity contribution >= 4 is 6.09 Å². The molecular formula is C21H32N4O4. The van der Waals surface area contributed by atoms with Crippen molar-refractivity contribution in [3.05, 3.63) is 11.3 Å². The topological polar surface area (TPSA) is 77.0 Å². The van der Waals surface area contributed by atoms with Crippen LogP contribution in [0.3, 0.4) is 0 Å². The van der Waals surface area contributed by atoms with Gasteiger partial charge in [-0.25, -0.2) is 4.79 Å². The maximum atomic E-state index is 12.5. The first-order valence-electron chi connectivity index (χ1n) is 10.6. The van der Waals surface area contributed by atoms with Crippen molar-refractivity contribution in [3.63, 3.8) is 0 Å². The summed E-state index contributed by atoms with van der Waals surface area (Å²) in [6, 6.07) is 0.333. The van der Waals surface area contributed by atoms with Crippen molar-refractivity contribution in [2.45, 2.75) is 70.6 Å². The lowest BCUT2D eigenvalue weighted by molar-refractivity contribution is 0.0218. The minimum atomic E-state index is -0.525. The molecule has 4 rings (SSSR count). The van der Waals surface area contributed by atoms with Crippen LogP contribution in [0.25, 0.3) is 0 Å². The van der Waals surface area contributed by atoms with Crippen molar-refractivity contribution in [1.82, 2.24) is 19.8 Å². The Morgan fingerprint density at radius 3 is 2.52 bits per heavy atom. The van der Waals surface area contributed by atoms with Crippen LogP contribution in [0.4, 0.5) is 4.79 Å². The molecule has 0 bridgehead atoms. The van der Waals surface area contributed by atoms with Crippen LogP contribution >= 0.6 is 0 Å². The van der Waals surface area contributed by atoms with Crippen molar-refractivity contribution in [2.75, 3.05) is 33.4 Å². The summed E-state index contributed by atoms with van der Waals surface area (Å²) in [6.07, 6.45) is 5.10. The zero-order valence-corrected chi connectivity index (χ0v) is 18.0. The van der Waals surface area contributed by atoms with E-state index in [0.717, 1.165) is 24.3 Å². The van der Waals surface area contributed by atoms with Crippen LogP contribution in [0.2, 0.25) is 0 Å². The third-order valence-electron chi connectivity index (χ3n) is 6.13. The third kappa shape index (κ3) is 4.13. The first-order chi connectivity index (χ1) is 13.8. The van der Waals surface area contributed by atoms with Gasteiger partial charge in [0.1, 0.15) is 12.2 Å². The van der Waals surface area contributed by atoms with Crippen LogP contribution in [-0.2, 0) is 17.7 Å². The fourth-order valence-corrected chi connectivity index (χ4v) is 4.75. The predicted molar refractivity (Wildman–Crippen MR) is 107 cm³/mol. The Balaban J connectivity index is 1.49. The summed E-state index contributed by atoms with van der Waals surface area (Å²) >= 11 is 0. The molecule has 0 aromatic carbocycles. The van der Waals surface area contributed by atoms with E-state index in [1.807, 2.05) is 20.8 Å². The van der Waals surface area contributed by atoms with Gasteiger partial charge in [-0.05, 0) is 66.0 Å². The molecule has 1 aromatic heterocycles. The molecule has 29 heavy (non-hydrogen) atoms. The molecule has 160 valence electrons. The van der Waals surface area contributed by atoms with Crippen molar-refractivity contribution in [3.8, 4) is 11.9 Å². The van der Waals surface area contributed by atoms with Crippen LogP contribution in [0.15, 0.2) is 0 Å². The van der Waals surface area contributed by atoms with E-state index in [4.69, 9.17) is 14.2 Å². The summed E-state index contributed by atoms with van der Waals surface area (Å²) in [5.41, 5.74) is 1.33. The fourth-order valence-electron chi connectivity index (χ4n) is 4.75. The molecular weight excluding hydrogens is 372 g/mol. The Bertz CT molecular complexity index is 767. The molecule has 3 aliphatic heterocycles. The van der Waals surface area contributed by atoms with Crippen LogP contribution in [-0.4, -0.2) is 70.4 Å². The number of aromatic nitrogens is 2. The van der Waals surface area contributed by atoms with Gasteiger partial charge in [0, 0.05) is 12.1 Å². The third-order valence-corrected chi connectivity index (χ3v) is 6.13. The number of amides is 1. The molecule has 0 spiro atoms. The summed E-state index contributed by atoms with van der Waals surface area (Å²) in [6.45, 7) is 9.45. The number of nitrogens with zero attached hydrogens (tertiary/aromatic N) is 4. The van der Waals surface area contributed by atoms with Gasteiger partial charge in [-0.15, -0.1) is 0 Å². The fraction of sp³-hybridized carbons (Fsp3) is 0.762. The Morgan fingerprint density at radius 1 is 1.14 bits per heavy atom. The summed E-state index contributed by atoms with van der Waals surface area (Å²) < 4.78 is 17.1. The number of rotatable bonds is 4. The molecule has 0 unspecified atom stereocenters. The van der Waals surface area contributed by atoms with Gasteiger partial charge >= 0.3 is 12.1 Å². The van der Waals surface area contributed by atoms with Crippen molar-refractivity contribution in [2.24, 2.45) is 0 Å². The smallest absolute Gasteiger partial charge is 0.410 e. The lowest BCUT2D eigenvalue weighted by atomic mass is 9.95. The SMILES string of the molecule is COc1nc(OCC23CCCN2CCC3)nc2c1CCN(C(=O)OC(C)(C)C)C2. The zero-order chi connectivity index (χ0) is 20.6. The van der Waals surface area contributed by atoms with E-state index in [1.54, 1.807) is 12.0 Å². The van der Waals surface area contributed by atoms with Gasteiger partial charge in [0.2, 0.25) is 5.88 Å². The number of hydrogen-bond acceptors (Lipinski definition) is 7. The molecule has 0 radical (unpaired) electrons. The van der Waals surface area contributed by atoms with Gasteiger partial charge in [0.15, 0.2) is 0 Å². The summed E-state index contributed by atoms with van der Waals surface area (Å²) in [5.74, 6) is 0.543. The van der Waals surface area contributed by atoms with E-state index in [9.17, 15) is 4.79 Å². The molecule has 8 heteroatoms. The highest BCUT2D eigenvalue weighted by Gasteiger charge is 2.45. The predicted octanol–water partition coefficient (Wildman–Crippen LogP) is 2.79. The average molecular weight is 405 g/mol. The van der Waals surface area contributed by atoms with E-state index in [-0.39, 0.29) is 11.6 Å². The van der Waals surface area contributed by atoms with Gasteiger partial charge in [0.25, 0.3) is 0 Å². The Hall–Kier alpha value is -2.09. The van der Waals surface area contributed by atoms with E-state index in [2.05, 4.69) is 14.9 Å². The van der Waals surface area contributed by atoms with Gasteiger partial charge < -0.3 is 19.1 Å². The minimum absolute atomic E-state index is 0.134. The average Bonchev–Trinajstić information content (AvgIpc) is 3.24. The second-order valence-electron chi connectivity index (χ2n) is 9.30. The molecule has 1 aromatic rings. The number of fused-ring (bicyclic) bond motifs is 2. The lowest BCUT2D eigenvalue weighted by Gasteiger charge is -2.32. The van der Waals surface area contributed by atoms with E-state index >= 15 is 0 Å². The highest BCUT2D eigenvalue weighted by Crippen LogP contribution is 2.39. The Labute approximate surface area is 172 Å². The monoisotopic (exact) mass is 404 g/mol. The van der Waals surface area contributed by atoms with Gasteiger partial charge in [0.05, 0.1) is 24.9 Å². The highest BCUT2D eigenvalue weighted by molar-refractivity contribution is 5.68. The van der Waals surface area contributed by atoms with E-state index < -0.39 is 5.60 Å². The molecule has 3 aliphatic rings. The summed E-state index contributed by atoms with van der Waals surface area (Å²) in [5, 5.41) is 0. The first-order valence-corrected chi connectivity index (χ1v) is 10.6. The summed E-state index contributed by atoms with van der Waals surface area (Å²) in [7, 11) is 1.61. The van der Waals surface area contributed by atoms with Crippen molar-refractivity contribution in [1.29, 1.82) is 0 Å². The van der Waals surface area contributed by atoms with E-state index in [0.29, 0.717) is 38.0 Å². The molecule has 0 atom stereocenters. The largest absolute Gasteiger partial charge is 0.481 e. The molecule has 1 amide bonds. The number of ether oxygens (including phenoxy) is 3. The van der Waals surface area contributed by atoms with Gasteiger partial charge in [-0.3, -0.25) is 4.90 Å². The normalized spacial score (nSPS) is 20.9. The molecule has 8 nitrogen and oxygen atoms in total. The Kier molecular flexibility index (Phi) is 5.31. The second kappa shape index (κ2) is 7.63. The molecule has 2 fully saturated rings. The zero-order valence-electron chi connectivity index (χ0n) is 18.0. The maximum absolute atomic E-state index is 12.5. The van der Waals surface area contributed by atoms with Crippen LogP contribution in [0, 0.1) is 0 Å². The quantitative estimate of drug-likeness (QED) is 0.764. The molecule has 2 saturated heterocycles. The lowest BCUT2D eigenvalue weighted by Crippen LogP contribution is -2.43. The minimum Gasteiger partial charge on any atom is -0.481 e. The first kappa shape index (κ1) is 20.2. The number of hydrogen-bond donors (Lipinski definition) is 0. The maximum Gasteiger partial charge on any atom is 0.410 e. The molecule has 4 heterocycles. The van der Waals surface area contributed by atoms with Crippen LogP contribution < -0.4 is 9.47 Å². The Morgan fingerprint density at radius 2 is 1.86 bits per heavy atom. The van der Waals surface area contributed by atoms with E-state index in [1.165, 1.54) is 25.7 Å². The number of carbonyl (C=O) groups is 1. The molecule has 0 saturated carbocycles. The van der Waals surface area contributed by atoms with Crippen LogP contribution in [0.1, 0.15) is 57.7 Å². The number of methoxy groups -OCH3 is 1. The van der Waals surface area contributed by atoms with Gasteiger partial charge in [-0.2, -0.15) is 9.97 Å². The summed E-state index contributed by atoms with van der Waals surface area (Å²) in [4.78, 5) is 25.8.